The Hall–Kier alpha value is -4.21. The number of nitrogens with one attached hydrogen (secondary N) is 1. The lowest BCUT2D eigenvalue weighted by Gasteiger charge is -2.29. The molecule has 2 aromatic heterocycles. The molecule has 4 aromatic rings. The summed E-state index contributed by atoms with van der Waals surface area (Å²) in [5.41, 5.74) is 1.53. The van der Waals surface area contributed by atoms with Crippen LogP contribution < -0.4 is 15.6 Å². The number of hydrogen-bond acceptors (Lipinski definition) is 5. The second-order valence-electron chi connectivity index (χ2n) is 8.95. The van der Waals surface area contributed by atoms with Gasteiger partial charge in [0.05, 0.1) is 22.8 Å². The lowest BCUT2D eigenvalue weighted by atomic mass is 9.94. The first kappa shape index (κ1) is 26.4. The van der Waals surface area contributed by atoms with Crippen LogP contribution in [0.2, 0.25) is 10.0 Å². The first-order chi connectivity index (χ1) is 18.7. The molecule has 1 aliphatic rings. The van der Waals surface area contributed by atoms with E-state index < -0.39 is 29.2 Å². The first-order valence-electron chi connectivity index (χ1n) is 11.8. The van der Waals surface area contributed by atoms with Crippen molar-refractivity contribution in [3.8, 4) is 22.6 Å². The molecule has 3 amide bonds. The normalized spacial score (nSPS) is 15.3. The minimum absolute atomic E-state index is 0.0288. The summed E-state index contributed by atoms with van der Waals surface area (Å²) >= 11 is 12.4. The van der Waals surface area contributed by atoms with Crippen molar-refractivity contribution in [3.63, 3.8) is 0 Å². The van der Waals surface area contributed by atoms with Crippen LogP contribution in [0.1, 0.15) is 17.0 Å². The lowest BCUT2D eigenvalue weighted by molar-refractivity contribution is -0.123. The van der Waals surface area contributed by atoms with Gasteiger partial charge in [0.25, 0.3) is 5.56 Å². The van der Waals surface area contributed by atoms with Gasteiger partial charge < -0.3 is 9.64 Å². The van der Waals surface area contributed by atoms with E-state index in [-0.39, 0.29) is 35.1 Å². The van der Waals surface area contributed by atoms with Crippen LogP contribution in [0.5, 0.6) is 5.75 Å². The van der Waals surface area contributed by atoms with Gasteiger partial charge in [-0.25, -0.2) is 9.18 Å². The zero-order valence-electron chi connectivity index (χ0n) is 20.5. The van der Waals surface area contributed by atoms with Gasteiger partial charge in [-0.2, -0.15) is 0 Å². The Morgan fingerprint density at radius 1 is 1.08 bits per heavy atom. The summed E-state index contributed by atoms with van der Waals surface area (Å²) < 4.78 is 22.0. The van der Waals surface area contributed by atoms with E-state index in [9.17, 15) is 18.8 Å². The average Bonchev–Trinajstić information content (AvgIpc) is 2.93. The molecule has 0 bridgehead atoms. The van der Waals surface area contributed by atoms with Crippen LogP contribution in [0.4, 0.5) is 9.18 Å². The Morgan fingerprint density at radius 3 is 2.62 bits per heavy atom. The lowest BCUT2D eigenvalue weighted by Crippen LogP contribution is -2.51. The summed E-state index contributed by atoms with van der Waals surface area (Å²) in [5.74, 6) is -2.22. The molecule has 0 aliphatic carbocycles. The summed E-state index contributed by atoms with van der Waals surface area (Å²) in [6, 6.07) is 14.1. The van der Waals surface area contributed by atoms with E-state index in [1.54, 1.807) is 55.7 Å². The van der Waals surface area contributed by atoms with Gasteiger partial charge >= 0.3 is 6.03 Å². The van der Waals surface area contributed by atoms with E-state index in [1.165, 1.54) is 34.0 Å². The number of rotatable bonds is 6. The number of carbonyl (C=O) groups excluding carboxylic acids is 2. The predicted molar refractivity (Wildman–Crippen MR) is 145 cm³/mol. The number of imide groups is 1. The third-order valence-corrected chi connectivity index (χ3v) is 7.01. The maximum Gasteiger partial charge on any atom is 0.323 e. The summed E-state index contributed by atoms with van der Waals surface area (Å²) in [4.78, 5) is 43.9. The van der Waals surface area contributed by atoms with Gasteiger partial charge in [-0.05, 0) is 47.5 Å². The number of urea groups is 1. The van der Waals surface area contributed by atoms with E-state index in [4.69, 9.17) is 27.9 Å². The van der Waals surface area contributed by atoms with Crippen molar-refractivity contribution in [1.82, 2.24) is 19.8 Å². The highest BCUT2D eigenvalue weighted by Gasteiger charge is 2.32. The molecule has 1 unspecified atom stereocenters. The number of pyridine rings is 2. The van der Waals surface area contributed by atoms with Crippen LogP contribution >= 0.6 is 23.2 Å². The second-order valence-corrected chi connectivity index (χ2v) is 9.77. The molecule has 1 atom stereocenters. The van der Waals surface area contributed by atoms with Crippen molar-refractivity contribution in [2.24, 2.45) is 0 Å². The molecule has 5 rings (SSSR count). The summed E-state index contributed by atoms with van der Waals surface area (Å²) in [5, 5.41) is 2.53. The van der Waals surface area contributed by atoms with Crippen LogP contribution in [0.25, 0.3) is 16.8 Å². The van der Waals surface area contributed by atoms with Gasteiger partial charge in [0.2, 0.25) is 5.91 Å². The highest BCUT2D eigenvalue weighted by atomic mass is 35.5. The number of hydrogen-bond donors (Lipinski definition) is 1. The van der Waals surface area contributed by atoms with Gasteiger partial charge in [0.1, 0.15) is 6.61 Å². The summed E-state index contributed by atoms with van der Waals surface area (Å²) in [7, 11) is 1.56. The third kappa shape index (κ3) is 5.36. The van der Waals surface area contributed by atoms with E-state index in [0.717, 1.165) is 0 Å². The quantitative estimate of drug-likeness (QED) is 0.346. The van der Waals surface area contributed by atoms with Gasteiger partial charge in [0.15, 0.2) is 11.6 Å². The minimum atomic E-state index is -0.789. The van der Waals surface area contributed by atoms with Crippen LogP contribution in [-0.2, 0) is 11.4 Å². The van der Waals surface area contributed by atoms with Crippen LogP contribution in [-0.4, -0.2) is 40.0 Å². The molecule has 1 saturated heterocycles. The van der Waals surface area contributed by atoms with E-state index in [2.05, 4.69) is 10.3 Å². The van der Waals surface area contributed by atoms with Crippen molar-refractivity contribution in [3.05, 3.63) is 111 Å². The smallest absolute Gasteiger partial charge is 0.323 e. The fraction of sp³-hybridized carbons (Fsp3) is 0.143. The highest BCUT2D eigenvalue weighted by Crippen LogP contribution is 2.33. The van der Waals surface area contributed by atoms with E-state index >= 15 is 0 Å². The maximum atomic E-state index is 15.0. The van der Waals surface area contributed by atoms with E-state index in [0.29, 0.717) is 21.8 Å². The first-order valence-corrected chi connectivity index (χ1v) is 12.6. The number of halogens is 3. The van der Waals surface area contributed by atoms with Gasteiger partial charge in [-0.15, -0.1) is 0 Å². The largest absolute Gasteiger partial charge is 0.486 e. The minimum Gasteiger partial charge on any atom is -0.486 e. The number of nitrogens with zero attached hydrogens (tertiary/aromatic N) is 3. The number of carbonyl (C=O) groups is 2. The molecule has 2 aromatic carbocycles. The molecule has 39 heavy (non-hydrogen) atoms. The number of aromatic nitrogens is 2. The molecule has 0 saturated carbocycles. The summed E-state index contributed by atoms with van der Waals surface area (Å²) in [6.07, 6.45) is 4.61. The molecule has 3 heterocycles. The zero-order valence-corrected chi connectivity index (χ0v) is 22.0. The van der Waals surface area contributed by atoms with Crippen LogP contribution in [0.15, 0.2) is 78.0 Å². The number of likely N-dealkylation sites (N-methyl/N-ethyl adjacent to an activating group) is 1. The molecule has 0 spiro atoms. The van der Waals surface area contributed by atoms with Crippen LogP contribution in [0, 0.1) is 5.82 Å². The molecular weight excluding hydrogens is 546 g/mol. The molecule has 1 N–H and O–H groups in total. The van der Waals surface area contributed by atoms with Crippen molar-refractivity contribution < 1.29 is 18.7 Å². The van der Waals surface area contributed by atoms with Gasteiger partial charge in [-0.3, -0.25) is 24.5 Å². The molecule has 1 fully saturated rings. The molecule has 11 heteroatoms. The number of benzene rings is 2. The molecule has 0 radical (unpaired) electrons. The Morgan fingerprint density at radius 2 is 1.87 bits per heavy atom. The molecule has 1 aliphatic heterocycles. The number of ether oxygens (including phenoxy) is 1. The topological polar surface area (TPSA) is 93.5 Å². The van der Waals surface area contributed by atoms with E-state index in [1.807, 2.05) is 0 Å². The third-order valence-electron chi connectivity index (χ3n) is 6.36. The molecular formula is C28H21Cl2FN4O4. The molecule has 8 nitrogen and oxygen atoms in total. The maximum absolute atomic E-state index is 15.0. The fourth-order valence-electron chi connectivity index (χ4n) is 4.27. The Labute approximate surface area is 232 Å². The van der Waals surface area contributed by atoms with Crippen molar-refractivity contribution in [2.75, 3.05) is 13.6 Å². The summed E-state index contributed by atoms with van der Waals surface area (Å²) in [6.45, 7) is 0.0741. The van der Waals surface area contributed by atoms with Crippen molar-refractivity contribution in [2.45, 2.75) is 12.5 Å². The Kier molecular flexibility index (Phi) is 7.36. The second kappa shape index (κ2) is 10.9. The number of amides is 3. The predicted octanol–water partition coefficient (Wildman–Crippen LogP) is 5.19. The van der Waals surface area contributed by atoms with Gasteiger partial charge in [0, 0.05) is 42.1 Å². The van der Waals surface area contributed by atoms with Crippen molar-refractivity contribution in [1.29, 1.82) is 0 Å². The highest BCUT2D eigenvalue weighted by molar-refractivity contribution is 6.31. The van der Waals surface area contributed by atoms with Crippen molar-refractivity contribution >= 4 is 35.1 Å². The zero-order chi connectivity index (χ0) is 27.7. The average molecular weight is 567 g/mol. The van der Waals surface area contributed by atoms with Gasteiger partial charge in [-0.1, -0.05) is 41.4 Å². The molecule has 198 valence electrons. The van der Waals surface area contributed by atoms with Crippen LogP contribution in [0.3, 0.4) is 0 Å². The SMILES string of the molecule is CN1CC(c2cc(-c3cc(Cl)c(F)c(OCc4ccccc4Cl)c3)c(=O)n(-c3cccnc3)c2)C(=O)NC1=O. The Balaban J connectivity index is 1.63. The standard InChI is InChI=1S/C28H21Cl2FN4O4/c1-34-14-21(26(36)33-28(34)38)18-9-20(27(37)35(13-18)19-6-4-8-32-12-19)17-10-23(30)25(31)24(11-17)39-15-16-5-2-3-7-22(16)29/h2-13,21H,14-15H2,1H3,(H,33,36,38). The monoisotopic (exact) mass is 566 g/mol. The fourth-order valence-corrected chi connectivity index (χ4v) is 4.67. The Bertz CT molecular complexity index is 1640.